The van der Waals surface area contributed by atoms with E-state index in [0.29, 0.717) is 17.1 Å². The number of hydrogen-bond acceptors (Lipinski definition) is 2. The summed E-state index contributed by atoms with van der Waals surface area (Å²) in [7, 11) is 0. The zero-order valence-corrected chi connectivity index (χ0v) is 13.3. The summed E-state index contributed by atoms with van der Waals surface area (Å²) >= 11 is 6.09. The van der Waals surface area contributed by atoms with Gasteiger partial charge >= 0.3 is 0 Å². The summed E-state index contributed by atoms with van der Waals surface area (Å²) < 4.78 is 1.49. The van der Waals surface area contributed by atoms with Crippen LogP contribution < -0.4 is 5.32 Å². The van der Waals surface area contributed by atoms with E-state index in [-0.39, 0.29) is 11.8 Å². The van der Waals surface area contributed by atoms with Crippen molar-refractivity contribution in [1.82, 2.24) is 9.88 Å². The first-order chi connectivity index (χ1) is 11.1. The van der Waals surface area contributed by atoms with Crippen LogP contribution in [0.25, 0.3) is 10.9 Å². The first-order valence-electron chi connectivity index (χ1n) is 7.20. The number of nitrogens with one attached hydrogen (secondary N) is 1. The number of hydrogen-bond donors (Lipinski definition) is 1. The monoisotopic (exact) mass is 326 g/mol. The highest BCUT2D eigenvalue weighted by molar-refractivity contribution is 6.31. The lowest BCUT2D eigenvalue weighted by Crippen LogP contribution is -2.22. The molecule has 0 aliphatic carbocycles. The van der Waals surface area contributed by atoms with Crippen molar-refractivity contribution >= 4 is 34.3 Å². The molecule has 0 aliphatic heterocycles. The van der Waals surface area contributed by atoms with Crippen LogP contribution >= 0.6 is 11.6 Å². The molecule has 1 heterocycles. The maximum Gasteiger partial charge on any atom is 0.253 e. The van der Waals surface area contributed by atoms with Crippen molar-refractivity contribution in [2.24, 2.45) is 0 Å². The third-order valence-corrected chi connectivity index (χ3v) is 4.06. The van der Waals surface area contributed by atoms with Gasteiger partial charge in [0.1, 0.15) is 0 Å². The molecule has 2 aromatic carbocycles. The molecule has 4 nitrogen and oxygen atoms in total. The number of fused-ring (bicyclic) bond motifs is 1. The van der Waals surface area contributed by atoms with E-state index in [9.17, 15) is 9.59 Å². The standard InChI is InChI=1S/C18H15ClN2O2/c1-12(22)21-11-15(14-7-3-5-9-17(14)21)18(23)20-10-13-6-2-4-8-16(13)19/h2-9,11H,10H2,1H3,(H,20,23). The molecule has 0 saturated carbocycles. The van der Waals surface area contributed by atoms with Gasteiger partial charge in [-0.05, 0) is 17.7 Å². The molecule has 1 amide bonds. The Morgan fingerprint density at radius 1 is 1.09 bits per heavy atom. The third kappa shape index (κ3) is 2.98. The highest BCUT2D eigenvalue weighted by atomic mass is 35.5. The van der Waals surface area contributed by atoms with E-state index in [1.54, 1.807) is 12.3 Å². The maximum atomic E-state index is 12.5. The van der Waals surface area contributed by atoms with Crippen LogP contribution in [0, 0.1) is 0 Å². The van der Waals surface area contributed by atoms with E-state index in [0.717, 1.165) is 16.5 Å². The Balaban J connectivity index is 1.90. The maximum absolute atomic E-state index is 12.5. The third-order valence-electron chi connectivity index (χ3n) is 3.69. The lowest BCUT2D eigenvalue weighted by molar-refractivity contribution is 0.0941. The van der Waals surface area contributed by atoms with Crippen LogP contribution in [-0.2, 0) is 6.54 Å². The number of benzene rings is 2. The minimum absolute atomic E-state index is 0.133. The molecule has 3 aromatic rings. The number of carbonyl (C=O) groups excluding carboxylic acids is 2. The summed E-state index contributed by atoms with van der Waals surface area (Å²) in [6.45, 7) is 1.80. The van der Waals surface area contributed by atoms with E-state index in [4.69, 9.17) is 11.6 Å². The molecule has 1 N–H and O–H groups in total. The molecule has 116 valence electrons. The molecule has 1 aromatic heterocycles. The van der Waals surface area contributed by atoms with Crippen molar-refractivity contribution in [2.45, 2.75) is 13.5 Å². The predicted molar refractivity (Wildman–Crippen MR) is 90.9 cm³/mol. The van der Waals surface area contributed by atoms with Gasteiger partial charge in [-0.1, -0.05) is 48.0 Å². The molecular weight excluding hydrogens is 312 g/mol. The summed E-state index contributed by atoms with van der Waals surface area (Å²) in [5.41, 5.74) is 2.04. The Bertz CT molecular complexity index is 899. The quantitative estimate of drug-likeness (QED) is 0.794. The summed E-state index contributed by atoms with van der Waals surface area (Å²) in [6.07, 6.45) is 1.58. The fraction of sp³-hybridized carbons (Fsp3) is 0.111. The molecule has 0 unspecified atom stereocenters. The van der Waals surface area contributed by atoms with Crippen LogP contribution in [0.4, 0.5) is 0 Å². The van der Waals surface area contributed by atoms with E-state index < -0.39 is 0 Å². The molecule has 0 spiro atoms. The minimum Gasteiger partial charge on any atom is -0.348 e. The zero-order chi connectivity index (χ0) is 16.4. The van der Waals surface area contributed by atoms with Gasteiger partial charge in [0.05, 0.1) is 11.1 Å². The van der Waals surface area contributed by atoms with E-state index in [2.05, 4.69) is 5.32 Å². The van der Waals surface area contributed by atoms with Gasteiger partial charge in [0.15, 0.2) is 0 Å². The highest BCUT2D eigenvalue weighted by Crippen LogP contribution is 2.21. The lowest BCUT2D eigenvalue weighted by atomic mass is 10.1. The Morgan fingerprint density at radius 3 is 2.52 bits per heavy atom. The number of halogens is 1. The SMILES string of the molecule is CC(=O)n1cc(C(=O)NCc2ccccc2Cl)c2ccccc21. The van der Waals surface area contributed by atoms with Gasteiger partial charge in [-0.15, -0.1) is 0 Å². The second-order valence-corrected chi connectivity index (χ2v) is 5.63. The molecule has 0 atom stereocenters. The predicted octanol–water partition coefficient (Wildman–Crippen LogP) is 3.88. The molecular formula is C18H15ClN2O2. The Hall–Kier alpha value is -2.59. The van der Waals surface area contributed by atoms with E-state index in [1.165, 1.54) is 11.5 Å². The topological polar surface area (TPSA) is 51.1 Å². The molecule has 3 rings (SSSR count). The van der Waals surface area contributed by atoms with Gasteiger partial charge < -0.3 is 5.32 Å². The normalized spacial score (nSPS) is 10.7. The summed E-state index contributed by atoms with van der Waals surface area (Å²) in [5, 5.41) is 4.21. The summed E-state index contributed by atoms with van der Waals surface area (Å²) in [4.78, 5) is 24.2. The second kappa shape index (κ2) is 6.26. The first kappa shape index (κ1) is 15.3. The first-order valence-corrected chi connectivity index (χ1v) is 7.58. The van der Waals surface area contributed by atoms with Crippen LogP contribution in [-0.4, -0.2) is 16.4 Å². The molecule has 0 saturated heterocycles. The van der Waals surface area contributed by atoms with Gasteiger partial charge in [0.25, 0.3) is 5.91 Å². The average Bonchev–Trinajstić information content (AvgIpc) is 2.94. The van der Waals surface area contributed by atoms with Crippen molar-refractivity contribution in [3.05, 3.63) is 70.9 Å². The largest absolute Gasteiger partial charge is 0.348 e. The molecule has 0 fully saturated rings. The number of rotatable bonds is 3. The van der Waals surface area contributed by atoms with Crippen LogP contribution in [0.5, 0.6) is 0 Å². The minimum atomic E-state index is -0.235. The Labute approximate surface area is 138 Å². The average molecular weight is 327 g/mol. The van der Waals surface area contributed by atoms with Gasteiger partial charge in [0.2, 0.25) is 5.91 Å². The number of carbonyl (C=O) groups is 2. The van der Waals surface area contributed by atoms with Crippen LogP contribution in [0.2, 0.25) is 5.02 Å². The van der Waals surface area contributed by atoms with Crippen molar-refractivity contribution < 1.29 is 9.59 Å². The fourth-order valence-electron chi connectivity index (χ4n) is 2.53. The summed E-state index contributed by atoms with van der Waals surface area (Å²) in [6, 6.07) is 14.7. The van der Waals surface area contributed by atoms with Crippen LogP contribution in [0.15, 0.2) is 54.7 Å². The van der Waals surface area contributed by atoms with Crippen molar-refractivity contribution in [3.8, 4) is 0 Å². The van der Waals surface area contributed by atoms with Gasteiger partial charge in [-0.3, -0.25) is 14.2 Å². The second-order valence-electron chi connectivity index (χ2n) is 5.22. The Kier molecular flexibility index (Phi) is 4.17. The van der Waals surface area contributed by atoms with Crippen LogP contribution in [0.3, 0.4) is 0 Å². The number of amides is 1. The van der Waals surface area contributed by atoms with Gasteiger partial charge in [-0.25, -0.2) is 0 Å². The number of nitrogens with zero attached hydrogens (tertiary/aromatic N) is 1. The summed E-state index contributed by atoms with van der Waals surface area (Å²) in [5.74, 6) is -0.368. The van der Waals surface area contributed by atoms with E-state index >= 15 is 0 Å². The highest BCUT2D eigenvalue weighted by Gasteiger charge is 2.16. The van der Waals surface area contributed by atoms with Crippen LogP contribution in [0.1, 0.15) is 27.6 Å². The fourth-order valence-corrected chi connectivity index (χ4v) is 2.74. The molecule has 0 aliphatic rings. The van der Waals surface area contributed by atoms with E-state index in [1.807, 2.05) is 42.5 Å². The molecule has 0 radical (unpaired) electrons. The number of para-hydroxylation sites is 1. The number of aromatic nitrogens is 1. The molecule has 5 heteroatoms. The smallest absolute Gasteiger partial charge is 0.253 e. The Morgan fingerprint density at radius 2 is 1.78 bits per heavy atom. The zero-order valence-electron chi connectivity index (χ0n) is 12.5. The van der Waals surface area contributed by atoms with Crippen molar-refractivity contribution in [2.75, 3.05) is 0 Å². The van der Waals surface area contributed by atoms with Gasteiger partial charge in [0, 0.05) is 30.1 Å². The molecule has 0 bridgehead atoms. The van der Waals surface area contributed by atoms with Gasteiger partial charge in [-0.2, -0.15) is 0 Å². The molecule has 23 heavy (non-hydrogen) atoms. The van der Waals surface area contributed by atoms with Crippen molar-refractivity contribution in [1.29, 1.82) is 0 Å². The lowest BCUT2D eigenvalue weighted by Gasteiger charge is -2.06. The van der Waals surface area contributed by atoms with Crippen molar-refractivity contribution in [3.63, 3.8) is 0 Å².